The van der Waals surface area contributed by atoms with E-state index in [1.165, 1.54) is 17.7 Å². The molecule has 0 aliphatic heterocycles. The summed E-state index contributed by atoms with van der Waals surface area (Å²) in [6.45, 7) is 4.69. The van der Waals surface area contributed by atoms with Crippen molar-refractivity contribution in [1.82, 2.24) is 0 Å². The van der Waals surface area contributed by atoms with Crippen molar-refractivity contribution in [3.8, 4) is 5.75 Å². The molecule has 0 aromatic heterocycles. The molecule has 0 saturated carbocycles. The number of nitro groups is 1. The van der Waals surface area contributed by atoms with Crippen LogP contribution >= 0.6 is 0 Å². The molecule has 0 N–H and O–H groups in total. The molecule has 0 fully saturated rings. The molecule has 0 aliphatic carbocycles. The van der Waals surface area contributed by atoms with Crippen molar-refractivity contribution in [1.29, 1.82) is 0 Å². The Balaban J connectivity index is 1.96. The lowest BCUT2D eigenvalue weighted by atomic mass is 10.0. The molecule has 0 spiro atoms. The minimum Gasteiger partial charge on any atom is -0.489 e. The highest BCUT2D eigenvalue weighted by Crippen LogP contribution is 2.20. The molecule has 0 heterocycles. The van der Waals surface area contributed by atoms with Gasteiger partial charge in [0.15, 0.2) is 0 Å². The van der Waals surface area contributed by atoms with E-state index in [-0.39, 0.29) is 5.69 Å². The first kappa shape index (κ1) is 14.1. The predicted molar refractivity (Wildman–Crippen MR) is 78.0 cm³/mol. The SMILES string of the molecule is CC(C)c1ccc(OCc2ccc([N+](=O)[O-])cc2)cc1. The molecule has 4 nitrogen and oxygen atoms in total. The van der Waals surface area contributed by atoms with E-state index in [0.29, 0.717) is 12.5 Å². The number of hydrogen-bond acceptors (Lipinski definition) is 3. The highest BCUT2D eigenvalue weighted by Gasteiger charge is 2.04. The van der Waals surface area contributed by atoms with Gasteiger partial charge in [0.05, 0.1) is 4.92 Å². The van der Waals surface area contributed by atoms with Crippen LogP contribution in [0.4, 0.5) is 5.69 Å². The van der Waals surface area contributed by atoms with Crippen LogP contribution in [-0.4, -0.2) is 4.92 Å². The van der Waals surface area contributed by atoms with Gasteiger partial charge in [0.2, 0.25) is 0 Å². The molecule has 0 bridgehead atoms. The van der Waals surface area contributed by atoms with Crippen LogP contribution in [-0.2, 0) is 6.61 Å². The van der Waals surface area contributed by atoms with E-state index in [9.17, 15) is 10.1 Å². The Kier molecular flexibility index (Phi) is 4.35. The number of hydrogen-bond donors (Lipinski definition) is 0. The van der Waals surface area contributed by atoms with Gasteiger partial charge in [0, 0.05) is 12.1 Å². The molecular formula is C16H17NO3. The van der Waals surface area contributed by atoms with E-state index >= 15 is 0 Å². The summed E-state index contributed by atoms with van der Waals surface area (Å²) in [5.74, 6) is 1.30. The molecule has 0 saturated heterocycles. The van der Waals surface area contributed by atoms with Crippen molar-refractivity contribution in [3.05, 3.63) is 69.8 Å². The smallest absolute Gasteiger partial charge is 0.269 e. The molecule has 104 valence electrons. The van der Waals surface area contributed by atoms with Crippen molar-refractivity contribution < 1.29 is 9.66 Å². The number of non-ortho nitro benzene ring substituents is 1. The third kappa shape index (κ3) is 3.57. The summed E-state index contributed by atoms with van der Waals surface area (Å²) in [4.78, 5) is 10.1. The number of nitrogens with zero attached hydrogens (tertiary/aromatic N) is 1. The average molecular weight is 271 g/mol. The second-order valence-electron chi connectivity index (χ2n) is 4.94. The monoisotopic (exact) mass is 271 g/mol. The highest BCUT2D eigenvalue weighted by molar-refractivity contribution is 5.33. The zero-order chi connectivity index (χ0) is 14.5. The summed E-state index contributed by atoms with van der Waals surface area (Å²) in [7, 11) is 0. The molecule has 0 atom stereocenters. The van der Waals surface area contributed by atoms with E-state index in [1.54, 1.807) is 12.1 Å². The zero-order valence-electron chi connectivity index (χ0n) is 11.6. The van der Waals surface area contributed by atoms with E-state index in [2.05, 4.69) is 26.0 Å². The lowest BCUT2D eigenvalue weighted by Crippen LogP contribution is -1.96. The number of ether oxygens (including phenoxy) is 1. The second-order valence-corrected chi connectivity index (χ2v) is 4.94. The molecule has 0 aliphatic rings. The van der Waals surface area contributed by atoms with Crippen LogP contribution in [0.5, 0.6) is 5.75 Å². The van der Waals surface area contributed by atoms with Crippen molar-refractivity contribution in [3.63, 3.8) is 0 Å². The summed E-state index contributed by atoms with van der Waals surface area (Å²) in [5, 5.41) is 10.6. The van der Waals surface area contributed by atoms with Gasteiger partial charge in [-0.05, 0) is 41.3 Å². The van der Waals surface area contributed by atoms with Crippen molar-refractivity contribution >= 4 is 5.69 Å². The molecule has 20 heavy (non-hydrogen) atoms. The van der Waals surface area contributed by atoms with Crippen LogP contribution in [0.15, 0.2) is 48.5 Å². The largest absolute Gasteiger partial charge is 0.489 e. The minimum absolute atomic E-state index is 0.0926. The predicted octanol–water partition coefficient (Wildman–Crippen LogP) is 4.30. The first-order chi connectivity index (χ1) is 9.56. The van der Waals surface area contributed by atoms with Crippen molar-refractivity contribution in [2.45, 2.75) is 26.4 Å². The minimum atomic E-state index is -0.407. The zero-order valence-corrected chi connectivity index (χ0v) is 11.6. The van der Waals surface area contributed by atoms with Crippen LogP contribution < -0.4 is 4.74 Å². The Morgan fingerprint density at radius 2 is 1.65 bits per heavy atom. The maximum absolute atomic E-state index is 10.6. The molecule has 2 aromatic carbocycles. The lowest BCUT2D eigenvalue weighted by molar-refractivity contribution is -0.384. The summed E-state index contributed by atoms with van der Waals surface area (Å²) in [5.41, 5.74) is 2.27. The Labute approximate surface area is 118 Å². The topological polar surface area (TPSA) is 52.4 Å². The molecule has 4 heteroatoms. The van der Waals surface area contributed by atoms with Crippen LogP contribution in [0.2, 0.25) is 0 Å². The van der Waals surface area contributed by atoms with Gasteiger partial charge in [0.25, 0.3) is 5.69 Å². The van der Waals surface area contributed by atoms with Gasteiger partial charge in [-0.15, -0.1) is 0 Å². The van der Waals surface area contributed by atoms with Crippen LogP contribution in [0, 0.1) is 10.1 Å². The standard InChI is InChI=1S/C16H17NO3/c1-12(2)14-5-9-16(10-6-14)20-11-13-3-7-15(8-4-13)17(18)19/h3-10,12H,11H2,1-2H3. The first-order valence-electron chi connectivity index (χ1n) is 6.52. The van der Waals surface area contributed by atoms with Crippen LogP contribution in [0.25, 0.3) is 0 Å². The van der Waals surface area contributed by atoms with Gasteiger partial charge in [0.1, 0.15) is 12.4 Å². The van der Waals surface area contributed by atoms with Gasteiger partial charge in [-0.25, -0.2) is 0 Å². The van der Waals surface area contributed by atoms with Gasteiger partial charge in [-0.1, -0.05) is 26.0 Å². The van der Waals surface area contributed by atoms with Gasteiger partial charge < -0.3 is 4.74 Å². The third-order valence-electron chi connectivity index (χ3n) is 3.10. The van der Waals surface area contributed by atoms with E-state index in [4.69, 9.17) is 4.74 Å². The number of benzene rings is 2. The molecule has 0 radical (unpaired) electrons. The normalized spacial score (nSPS) is 10.6. The van der Waals surface area contributed by atoms with Crippen molar-refractivity contribution in [2.24, 2.45) is 0 Å². The Morgan fingerprint density at radius 3 is 2.15 bits per heavy atom. The fourth-order valence-corrected chi connectivity index (χ4v) is 1.83. The number of nitro benzene ring substituents is 1. The molecule has 2 aromatic rings. The van der Waals surface area contributed by atoms with Gasteiger partial charge >= 0.3 is 0 Å². The number of rotatable bonds is 5. The van der Waals surface area contributed by atoms with Crippen LogP contribution in [0.3, 0.4) is 0 Å². The summed E-state index contributed by atoms with van der Waals surface area (Å²) < 4.78 is 5.66. The van der Waals surface area contributed by atoms with Gasteiger partial charge in [-0.3, -0.25) is 10.1 Å². The Bertz CT molecular complexity index is 574. The summed E-state index contributed by atoms with van der Waals surface area (Å²) in [6, 6.07) is 14.4. The van der Waals surface area contributed by atoms with Gasteiger partial charge in [-0.2, -0.15) is 0 Å². The summed E-state index contributed by atoms with van der Waals surface area (Å²) in [6.07, 6.45) is 0. The maximum atomic E-state index is 10.6. The van der Waals surface area contributed by atoms with Crippen LogP contribution in [0.1, 0.15) is 30.9 Å². The molecule has 0 unspecified atom stereocenters. The second kappa shape index (κ2) is 6.19. The third-order valence-corrected chi connectivity index (χ3v) is 3.10. The fourth-order valence-electron chi connectivity index (χ4n) is 1.83. The van der Waals surface area contributed by atoms with E-state index < -0.39 is 4.92 Å². The first-order valence-corrected chi connectivity index (χ1v) is 6.52. The molecule has 0 amide bonds. The maximum Gasteiger partial charge on any atom is 0.269 e. The Morgan fingerprint density at radius 1 is 1.05 bits per heavy atom. The van der Waals surface area contributed by atoms with Crippen molar-refractivity contribution in [2.75, 3.05) is 0 Å². The lowest BCUT2D eigenvalue weighted by Gasteiger charge is -2.09. The van der Waals surface area contributed by atoms with E-state index in [1.807, 2.05) is 12.1 Å². The fraction of sp³-hybridized carbons (Fsp3) is 0.250. The average Bonchev–Trinajstić information content (AvgIpc) is 2.46. The molecule has 2 rings (SSSR count). The molecular weight excluding hydrogens is 254 g/mol. The highest BCUT2D eigenvalue weighted by atomic mass is 16.6. The quantitative estimate of drug-likeness (QED) is 0.602. The Hall–Kier alpha value is -2.36. The van der Waals surface area contributed by atoms with E-state index in [0.717, 1.165) is 11.3 Å². The summed E-state index contributed by atoms with van der Waals surface area (Å²) >= 11 is 0.